The Morgan fingerprint density at radius 3 is 2.52 bits per heavy atom. The maximum absolute atomic E-state index is 15.1. The number of carbonyl (C=O) groups excluding carboxylic acids is 1. The Kier molecular flexibility index (Phi) is 9.84. The summed E-state index contributed by atoms with van der Waals surface area (Å²) in [6.45, 7) is 13.4. The molecule has 0 radical (unpaired) electrons. The monoisotopic (exact) mass is 707 g/mol. The first-order valence-electron chi connectivity index (χ1n) is 14.9. The Morgan fingerprint density at radius 1 is 1.22 bits per heavy atom. The van der Waals surface area contributed by atoms with Crippen molar-refractivity contribution < 1.29 is 14.3 Å². The van der Waals surface area contributed by atoms with Crippen LogP contribution in [0, 0.1) is 29.0 Å². The van der Waals surface area contributed by atoms with E-state index in [9.17, 15) is 15.2 Å². The molecule has 4 atom stereocenters. The summed E-state index contributed by atoms with van der Waals surface area (Å²) in [5.41, 5.74) is 8.05. The van der Waals surface area contributed by atoms with Gasteiger partial charge in [-0.3, -0.25) is 9.79 Å². The molecule has 1 aromatic heterocycles. The molecule has 4 heterocycles. The lowest BCUT2D eigenvalue weighted by atomic mass is 9.83. The molecule has 244 valence electrons. The van der Waals surface area contributed by atoms with Gasteiger partial charge in [0.25, 0.3) is 0 Å². The van der Waals surface area contributed by atoms with Crippen molar-refractivity contribution in [3.8, 4) is 17.3 Å². The fraction of sp³-hybridized carbons (Fsp3) is 0.438. The molecular weight excluding hydrogens is 675 g/mol. The zero-order valence-corrected chi connectivity index (χ0v) is 28.8. The highest BCUT2D eigenvalue weighted by Gasteiger charge is 2.45. The Balaban J connectivity index is 1.79. The average Bonchev–Trinajstić information content (AvgIpc) is 3.02. The molecule has 3 aliphatic heterocycles. The van der Waals surface area contributed by atoms with Crippen molar-refractivity contribution in [2.24, 2.45) is 16.8 Å². The smallest absolute Gasteiger partial charge is 0.246 e. The van der Waals surface area contributed by atoms with E-state index in [0.717, 1.165) is 12.1 Å². The largest absolute Gasteiger partial charge is 0.397 e. The van der Waals surface area contributed by atoms with Gasteiger partial charge in [-0.1, -0.05) is 73.8 Å². The van der Waals surface area contributed by atoms with E-state index in [1.807, 2.05) is 25.7 Å². The maximum atomic E-state index is 15.1. The molecule has 0 spiro atoms. The second-order valence-electron chi connectivity index (χ2n) is 12.1. The zero-order valence-electron chi connectivity index (χ0n) is 25.8. The van der Waals surface area contributed by atoms with Crippen LogP contribution in [0.1, 0.15) is 39.7 Å². The molecule has 3 aliphatic rings. The number of anilines is 2. The fourth-order valence-electron chi connectivity index (χ4n) is 6.65. The Bertz CT molecular complexity index is 1690. The summed E-state index contributed by atoms with van der Waals surface area (Å²) in [6.07, 6.45) is 0.591. The molecule has 1 amide bonds. The molecule has 3 N–H and O–H groups in total. The van der Waals surface area contributed by atoms with Gasteiger partial charge in [-0.15, -0.1) is 0 Å². The normalized spacial score (nSPS) is 23.3. The number of hydrogen-bond acceptors (Lipinski definition) is 8. The molecular formula is C32H34Cl4FN7O2. The lowest BCUT2D eigenvalue weighted by Gasteiger charge is -2.48. The van der Waals surface area contributed by atoms with Crippen molar-refractivity contribution in [1.82, 2.24) is 14.8 Å². The number of nitrogens with zero attached hydrogens (tertiary/aromatic N) is 6. The molecule has 46 heavy (non-hydrogen) atoms. The molecule has 2 aromatic rings. The number of nitrogens with two attached hydrogens (primary N) is 1. The van der Waals surface area contributed by atoms with E-state index in [1.54, 1.807) is 15.9 Å². The molecule has 0 aliphatic carbocycles. The number of aliphatic imine (C=N–C) groups is 1. The first-order valence-corrected chi connectivity index (χ1v) is 16.4. The first kappa shape index (κ1) is 34.3. The van der Waals surface area contributed by atoms with E-state index in [4.69, 9.17) is 62.1 Å². The van der Waals surface area contributed by atoms with Gasteiger partial charge in [0.15, 0.2) is 12.0 Å². The highest BCUT2D eigenvalue weighted by atomic mass is 35.5. The number of benzene rings is 1. The number of aliphatic hydroxyl groups excluding tert-OH is 1. The topological polar surface area (TPSA) is 122 Å². The van der Waals surface area contributed by atoms with E-state index in [0.29, 0.717) is 37.4 Å². The van der Waals surface area contributed by atoms with Gasteiger partial charge in [-0.25, -0.2) is 9.37 Å². The summed E-state index contributed by atoms with van der Waals surface area (Å²) in [5.74, 6) is -0.844. The van der Waals surface area contributed by atoms with Crippen LogP contribution in [-0.2, 0) is 4.79 Å². The Morgan fingerprint density at radius 2 is 1.91 bits per heavy atom. The molecule has 3 unspecified atom stereocenters. The van der Waals surface area contributed by atoms with Crippen LogP contribution >= 0.6 is 46.4 Å². The van der Waals surface area contributed by atoms with Gasteiger partial charge < -0.3 is 25.5 Å². The van der Waals surface area contributed by atoms with E-state index in [-0.39, 0.29) is 62.2 Å². The van der Waals surface area contributed by atoms with Crippen LogP contribution in [0.5, 0.6) is 0 Å². The minimum Gasteiger partial charge on any atom is -0.397 e. The summed E-state index contributed by atoms with van der Waals surface area (Å²) in [6, 6.07) is 3.20. The lowest BCUT2D eigenvalue weighted by molar-refractivity contribution is -0.129. The zero-order chi connectivity index (χ0) is 33.8. The summed E-state index contributed by atoms with van der Waals surface area (Å²) < 4.78 is 15.1. The lowest BCUT2D eigenvalue weighted by Crippen LogP contribution is -2.57. The third kappa shape index (κ3) is 5.60. The van der Waals surface area contributed by atoms with Crippen molar-refractivity contribution in [1.29, 1.82) is 5.26 Å². The minimum atomic E-state index is -1.43. The van der Waals surface area contributed by atoms with Crippen molar-refractivity contribution in [2.75, 3.05) is 36.8 Å². The third-order valence-electron chi connectivity index (χ3n) is 8.91. The molecule has 1 saturated heterocycles. The number of nitrogen functional groups attached to an aromatic ring is 1. The Labute approximate surface area is 287 Å². The van der Waals surface area contributed by atoms with E-state index < -0.39 is 28.1 Å². The van der Waals surface area contributed by atoms with Crippen molar-refractivity contribution in [3.05, 3.63) is 55.8 Å². The number of piperazine rings is 1. The summed E-state index contributed by atoms with van der Waals surface area (Å²) >= 11 is 25.7. The highest BCUT2D eigenvalue weighted by Crippen LogP contribution is 2.49. The Hall–Kier alpha value is -3.07. The van der Waals surface area contributed by atoms with Gasteiger partial charge in [0.2, 0.25) is 5.91 Å². The number of carbonyl (C=O) groups is 1. The van der Waals surface area contributed by atoms with E-state index in [2.05, 4.69) is 19.6 Å². The standard InChI is InChI=1S/C32H34Cl4FN7O2/c1-6-20(45)43-10-9-42(13-16(43)5)30-17-11-19(33)28(21-22(34)25(37)23(35)24(36)26(21)39)41-31(17)44(32(46)18(30)12-38)29-15(4)7-8-40-27(29)14(2)3/h6,11,14-16,29,32,46H,1,7-10,13,39H2,2-5H3/t15?,16-,29?,32?/m1/s1. The van der Waals surface area contributed by atoms with Crippen LogP contribution in [0.2, 0.25) is 20.1 Å². The predicted molar refractivity (Wildman–Crippen MR) is 183 cm³/mol. The number of hydrogen-bond donors (Lipinski definition) is 2. The van der Waals surface area contributed by atoms with Crippen LogP contribution < -0.4 is 10.6 Å². The second kappa shape index (κ2) is 13.2. The SMILES string of the molecule is C=CC(=O)N1CCN(C2=C(C#N)C(O)N(C3C(C(C)C)=NCCC3C)c3nc(-c4c(N)c(Cl)c(Cl)c(F)c4Cl)c(Cl)cc32)C[C@H]1C. The van der Waals surface area contributed by atoms with Crippen LogP contribution in [0.15, 0.2) is 29.3 Å². The second-order valence-corrected chi connectivity index (χ2v) is 13.6. The van der Waals surface area contributed by atoms with Crippen LogP contribution in [0.3, 0.4) is 0 Å². The summed E-state index contributed by atoms with van der Waals surface area (Å²) in [5, 5.41) is 21.7. The van der Waals surface area contributed by atoms with Gasteiger partial charge in [0, 0.05) is 49.1 Å². The van der Waals surface area contributed by atoms with Gasteiger partial charge in [0.1, 0.15) is 17.5 Å². The van der Waals surface area contributed by atoms with Crippen LogP contribution in [-0.4, -0.2) is 76.0 Å². The number of fused-ring (bicyclic) bond motifs is 1. The quantitative estimate of drug-likeness (QED) is 0.154. The maximum Gasteiger partial charge on any atom is 0.246 e. The number of aromatic nitrogens is 1. The summed E-state index contributed by atoms with van der Waals surface area (Å²) in [7, 11) is 0. The minimum absolute atomic E-state index is 0.0179. The van der Waals surface area contributed by atoms with Gasteiger partial charge in [-0.2, -0.15) is 5.26 Å². The predicted octanol–water partition coefficient (Wildman–Crippen LogP) is 6.68. The number of aliphatic hydroxyl groups is 1. The average molecular weight is 709 g/mol. The highest BCUT2D eigenvalue weighted by molar-refractivity contribution is 6.46. The number of halogens is 5. The van der Waals surface area contributed by atoms with Crippen molar-refractivity contribution in [2.45, 2.75) is 52.4 Å². The molecule has 1 aromatic carbocycles. The molecule has 0 saturated carbocycles. The van der Waals surface area contributed by atoms with Gasteiger partial charge in [0.05, 0.1) is 43.2 Å². The summed E-state index contributed by atoms with van der Waals surface area (Å²) in [4.78, 5) is 27.6. The molecule has 5 rings (SSSR count). The number of amides is 1. The van der Waals surface area contributed by atoms with Crippen molar-refractivity contribution >= 4 is 75.2 Å². The molecule has 1 fully saturated rings. The first-order chi connectivity index (χ1) is 21.7. The molecule has 0 bridgehead atoms. The van der Waals surface area contributed by atoms with Gasteiger partial charge >= 0.3 is 0 Å². The van der Waals surface area contributed by atoms with Crippen LogP contribution in [0.25, 0.3) is 17.0 Å². The molecule has 9 nitrogen and oxygen atoms in total. The fourth-order valence-corrected chi connectivity index (χ4v) is 7.60. The number of rotatable bonds is 5. The number of nitriles is 1. The van der Waals surface area contributed by atoms with Gasteiger partial charge in [-0.05, 0) is 37.3 Å². The van der Waals surface area contributed by atoms with Crippen LogP contribution in [0.4, 0.5) is 15.9 Å². The molecule has 14 heteroatoms. The third-order valence-corrected chi connectivity index (χ3v) is 10.4. The van der Waals surface area contributed by atoms with E-state index in [1.165, 1.54) is 6.08 Å². The van der Waals surface area contributed by atoms with Crippen molar-refractivity contribution in [3.63, 3.8) is 0 Å². The number of pyridine rings is 1. The van der Waals surface area contributed by atoms with E-state index >= 15 is 4.39 Å².